The molecule has 0 radical (unpaired) electrons. The summed E-state index contributed by atoms with van der Waals surface area (Å²) in [4.78, 5) is 18.8. The summed E-state index contributed by atoms with van der Waals surface area (Å²) in [6.07, 6.45) is 2.13. The maximum atomic E-state index is 13.5. The fourth-order valence-electron chi connectivity index (χ4n) is 2.05. The van der Waals surface area contributed by atoms with Gasteiger partial charge in [-0.1, -0.05) is 12.1 Å². The summed E-state index contributed by atoms with van der Waals surface area (Å²) in [5, 5.41) is 0. The number of nitrogens with zero attached hydrogens (tertiary/aromatic N) is 1. The van der Waals surface area contributed by atoms with Gasteiger partial charge in [-0.2, -0.15) is 0 Å². The minimum atomic E-state index is -0.275. The molecular formula is C14H13FN2O. The first-order valence-electron chi connectivity index (χ1n) is 6.02. The lowest BCUT2D eigenvalue weighted by molar-refractivity contribution is 0.619. The summed E-state index contributed by atoms with van der Waals surface area (Å²) in [6.45, 7) is 1.70. The Morgan fingerprint density at radius 3 is 2.89 bits per heavy atom. The van der Waals surface area contributed by atoms with Gasteiger partial charge in [-0.25, -0.2) is 9.37 Å². The minimum Gasteiger partial charge on any atom is -0.310 e. The minimum absolute atomic E-state index is 0.175. The normalized spacial score (nSPS) is 14.8. The first-order valence-corrected chi connectivity index (χ1v) is 6.02. The maximum Gasteiger partial charge on any atom is 0.251 e. The topological polar surface area (TPSA) is 45.8 Å². The number of rotatable bonds is 2. The highest BCUT2D eigenvalue weighted by Gasteiger charge is 2.26. The number of aromatic nitrogens is 2. The van der Waals surface area contributed by atoms with Crippen LogP contribution in [-0.2, 0) is 0 Å². The van der Waals surface area contributed by atoms with Crippen molar-refractivity contribution in [2.75, 3.05) is 0 Å². The van der Waals surface area contributed by atoms with Crippen LogP contribution in [0.4, 0.5) is 4.39 Å². The fraction of sp³-hybridized carbons (Fsp3) is 0.286. The van der Waals surface area contributed by atoms with Crippen LogP contribution < -0.4 is 5.56 Å². The third-order valence-corrected chi connectivity index (χ3v) is 3.27. The van der Waals surface area contributed by atoms with Crippen LogP contribution in [0.2, 0.25) is 0 Å². The van der Waals surface area contributed by atoms with Crippen LogP contribution in [0, 0.1) is 12.7 Å². The second-order valence-corrected chi connectivity index (χ2v) is 4.70. The molecule has 1 fully saturated rings. The number of halogens is 1. The molecule has 92 valence electrons. The Labute approximate surface area is 104 Å². The van der Waals surface area contributed by atoms with Gasteiger partial charge in [0.05, 0.1) is 5.69 Å². The molecule has 1 saturated carbocycles. The molecule has 4 heteroatoms. The summed E-state index contributed by atoms with van der Waals surface area (Å²) in [7, 11) is 0. The van der Waals surface area contributed by atoms with Crippen molar-refractivity contribution in [1.29, 1.82) is 0 Å². The predicted octanol–water partition coefficient (Wildman–Crippen LogP) is 2.76. The standard InChI is InChI=1S/C14H13FN2O/c1-8-10(3-2-4-11(8)15)12-7-13(18)17-14(16-12)9-5-6-9/h2-4,7,9H,5-6H2,1H3,(H,16,17,18). The quantitative estimate of drug-likeness (QED) is 0.882. The Morgan fingerprint density at radius 1 is 1.39 bits per heavy atom. The molecule has 0 spiro atoms. The zero-order valence-corrected chi connectivity index (χ0v) is 10.0. The van der Waals surface area contributed by atoms with E-state index in [1.165, 1.54) is 12.1 Å². The molecule has 0 saturated heterocycles. The molecule has 0 bridgehead atoms. The molecule has 0 atom stereocenters. The van der Waals surface area contributed by atoms with Crippen molar-refractivity contribution >= 4 is 0 Å². The van der Waals surface area contributed by atoms with Crippen LogP contribution >= 0.6 is 0 Å². The average Bonchev–Trinajstić information content (AvgIpc) is 3.16. The van der Waals surface area contributed by atoms with Gasteiger partial charge < -0.3 is 4.98 Å². The lowest BCUT2D eigenvalue weighted by Gasteiger charge is -2.07. The maximum absolute atomic E-state index is 13.5. The molecule has 1 N–H and O–H groups in total. The molecule has 1 aromatic heterocycles. The van der Waals surface area contributed by atoms with Gasteiger partial charge >= 0.3 is 0 Å². The van der Waals surface area contributed by atoms with Gasteiger partial charge in [0.25, 0.3) is 5.56 Å². The van der Waals surface area contributed by atoms with Gasteiger partial charge in [0.2, 0.25) is 0 Å². The molecular weight excluding hydrogens is 231 g/mol. The summed E-state index contributed by atoms with van der Waals surface area (Å²) < 4.78 is 13.5. The highest BCUT2D eigenvalue weighted by Crippen LogP contribution is 2.38. The van der Waals surface area contributed by atoms with Gasteiger partial charge in [-0.15, -0.1) is 0 Å². The van der Waals surface area contributed by atoms with Gasteiger partial charge in [0.15, 0.2) is 0 Å². The summed E-state index contributed by atoms with van der Waals surface area (Å²) in [5.41, 5.74) is 1.59. The first kappa shape index (κ1) is 11.1. The van der Waals surface area contributed by atoms with E-state index in [0.29, 0.717) is 22.7 Å². The van der Waals surface area contributed by atoms with Crippen LogP contribution in [0.5, 0.6) is 0 Å². The Kier molecular flexibility index (Phi) is 2.51. The van der Waals surface area contributed by atoms with Crippen molar-refractivity contribution in [1.82, 2.24) is 9.97 Å². The fourth-order valence-corrected chi connectivity index (χ4v) is 2.05. The molecule has 18 heavy (non-hydrogen) atoms. The number of nitrogens with one attached hydrogen (secondary N) is 1. The van der Waals surface area contributed by atoms with Gasteiger partial charge in [0, 0.05) is 17.5 Å². The van der Waals surface area contributed by atoms with Crippen molar-refractivity contribution in [2.45, 2.75) is 25.7 Å². The van der Waals surface area contributed by atoms with E-state index in [4.69, 9.17) is 0 Å². The van der Waals surface area contributed by atoms with Crippen molar-refractivity contribution < 1.29 is 4.39 Å². The van der Waals surface area contributed by atoms with Crippen LogP contribution in [0.25, 0.3) is 11.3 Å². The average molecular weight is 244 g/mol. The van der Waals surface area contributed by atoms with Gasteiger partial charge in [0.1, 0.15) is 11.6 Å². The lowest BCUT2D eigenvalue weighted by atomic mass is 10.1. The molecule has 0 amide bonds. The molecule has 1 aliphatic carbocycles. The Hall–Kier alpha value is -1.97. The Morgan fingerprint density at radius 2 is 2.17 bits per heavy atom. The molecule has 3 nitrogen and oxygen atoms in total. The summed E-state index contributed by atoms with van der Waals surface area (Å²) in [5.74, 6) is 0.815. The van der Waals surface area contributed by atoms with E-state index in [-0.39, 0.29) is 11.4 Å². The smallest absolute Gasteiger partial charge is 0.251 e. The number of hydrogen-bond acceptors (Lipinski definition) is 2. The molecule has 1 aliphatic rings. The molecule has 1 heterocycles. The molecule has 3 rings (SSSR count). The molecule has 0 unspecified atom stereocenters. The second-order valence-electron chi connectivity index (χ2n) is 4.70. The Balaban J connectivity index is 2.16. The van der Waals surface area contributed by atoms with Crippen molar-refractivity contribution in [3.8, 4) is 11.3 Å². The van der Waals surface area contributed by atoms with Gasteiger partial charge in [-0.3, -0.25) is 4.79 Å². The largest absolute Gasteiger partial charge is 0.310 e. The van der Waals surface area contributed by atoms with E-state index in [2.05, 4.69) is 9.97 Å². The predicted molar refractivity (Wildman–Crippen MR) is 67.0 cm³/mol. The Bertz CT molecular complexity index is 659. The number of hydrogen-bond donors (Lipinski definition) is 1. The van der Waals surface area contributed by atoms with E-state index >= 15 is 0 Å². The highest BCUT2D eigenvalue weighted by atomic mass is 19.1. The van der Waals surface area contributed by atoms with Crippen LogP contribution in [0.15, 0.2) is 29.1 Å². The van der Waals surface area contributed by atoms with E-state index in [0.717, 1.165) is 18.7 Å². The molecule has 1 aromatic carbocycles. The zero-order chi connectivity index (χ0) is 12.7. The second kappa shape index (κ2) is 4.05. The van der Waals surface area contributed by atoms with E-state index in [1.54, 1.807) is 19.1 Å². The van der Waals surface area contributed by atoms with Crippen LogP contribution in [0.3, 0.4) is 0 Å². The number of benzene rings is 1. The van der Waals surface area contributed by atoms with Crippen LogP contribution in [0.1, 0.15) is 30.1 Å². The SMILES string of the molecule is Cc1c(F)cccc1-c1cc(=O)[nH]c(C2CC2)n1. The van der Waals surface area contributed by atoms with Crippen molar-refractivity contribution in [2.24, 2.45) is 0 Å². The lowest BCUT2D eigenvalue weighted by Crippen LogP contribution is -2.10. The summed E-state index contributed by atoms with van der Waals surface area (Å²) in [6, 6.07) is 6.26. The third-order valence-electron chi connectivity index (χ3n) is 3.27. The van der Waals surface area contributed by atoms with Crippen molar-refractivity contribution in [3.05, 3.63) is 51.8 Å². The molecule has 2 aromatic rings. The number of H-pyrrole nitrogens is 1. The third kappa shape index (κ3) is 1.94. The van der Waals surface area contributed by atoms with E-state index in [9.17, 15) is 9.18 Å². The molecule has 0 aliphatic heterocycles. The van der Waals surface area contributed by atoms with Crippen molar-refractivity contribution in [3.63, 3.8) is 0 Å². The van der Waals surface area contributed by atoms with Crippen LogP contribution in [-0.4, -0.2) is 9.97 Å². The van der Waals surface area contributed by atoms with Gasteiger partial charge in [-0.05, 0) is 31.4 Å². The summed E-state index contributed by atoms with van der Waals surface area (Å²) >= 11 is 0. The number of aromatic amines is 1. The monoisotopic (exact) mass is 244 g/mol. The van der Waals surface area contributed by atoms with E-state index in [1.807, 2.05) is 0 Å². The first-order chi connectivity index (χ1) is 8.65. The zero-order valence-electron chi connectivity index (χ0n) is 10.0. The van der Waals surface area contributed by atoms with E-state index < -0.39 is 0 Å². The highest BCUT2D eigenvalue weighted by molar-refractivity contribution is 5.63.